The zero-order valence-electron chi connectivity index (χ0n) is 10.2. The summed E-state index contributed by atoms with van der Waals surface area (Å²) in [6.07, 6.45) is 4.09. The van der Waals surface area contributed by atoms with Gasteiger partial charge in [-0.05, 0) is 36.5 Å². The average Bonchev–Trinajstić information content (AvgIpc) is 2.85. The molecule has 0 aromatic heterocycles. The van der Waals surface area contributed by atoms with Gasteiger partial charge in [0.1, 0.15) is 0 Å². The van der Waals surface area contributed by atoms with Crippen LogP contribution in [0.5, 0.6) is 0 Å². The van der Waals surface area contributed by atoms with Gasteiger partial charge in [-0.3, -0.25) is 4.99 Å². The molecule has 1 aromatic rings. The third kappa shape index (κ3) is 2.91. The van der Waals surface area contributed by atoms with Gasteiger partial charge in [-0.25, -0.2) is 0 Å². The Balaban J connectivity index is 1.61. The van der Waals surface area contributed by atoms with E-state index in [1.54, 1.807) is 0 Å². The van der Waals surface area contributed by atoms with Crippen LogP contribution in [-0.4, -0.2) is 17.0 Å². The number of nitrogens with zero attached hydrogens (tertiary/aromatic N) is 1. The van der Waals surface area contributed by atoms with Crippen LogP contribution in [0.3, 0.4) is 0 Å². The highest BCUT2D eigenvalue weighted by molar-refractivity contribution is 9.10. The maximum atomic E-state index is 4.70. The molecule has 0 spiro atoms. The molecule has 2 fully saturated rings. The van der Waals surface area contributed by atoms with E-state index in [-0.39, 0.29) is 0 Å². The van der Waals surface area contributed by atoms with Gasteiger partial charge in [0.25, 0.3) is 0 Å². The van der Waals surface area contributed by atoms with Crippen LogP contribution in [0.1, 0.15) is 24.8 Å². The van der Waals surface area contributed by atoms with Crippen molar-refractivity contribution >= 4 is 32.9 Å². The molecule has 0 amide bonds. The molecule has 2 aliphatic rings. The van der Waals surface area contributed by atoms with Crippen molar-refractivity contribution in [2.75, 3.05) is 5.75 Å². The van der Waals surface area contributed by atoms with E-state index in [1.165, 1.54) is 30.6 Å². The van der Waals surface area contributed by atoms with Gasteiger partial charge in [-0.2, -0.15) is 0 Å². The topological polar surface area (TPSA) is 24.4 Å². The second-order valence-corrected chi connectivity index (χ2v) is 6.93. The molecule has 3 rings (SSSR count). The minimum atomic E-state index is 0.690. The van der Waals surface area contributed by atoms with E-state index in [4.69, 9.17) is 4.99 Å². The standard InChI is InChI=1S/C14H17BrN2S/c15-12-6-4-10(5-7-12)8-16-14-17-13-3-1-2-11(13)9-18-14/h4-7,11,13H,1-3,8-9H2,(H,16,17). The predicted octanol–water partition coefficient (Wildman–Crippen LogP) is 3.81. The van der Waals surface area contributed by atoms with Crippen molar-refractivity contribution in [2.45, 2.75) is 31.8 Å². The smallest absolute Gasteiger partial charge is 0.157 e. The number of rotatable bonds is 2. The quantitative estimate of drug-likeness (QED) is 0.894. The number of thioether (sulfide) groups is 1. The lowest BCUT2D eigenvalue weighted by atomic mass is 10.1. The highest BCUT2D eigenvalue weighted by Gasteiger charge is 2.31. The minimum absolute atomic E-state index is 0.690. The molecule has 1 saturated carbocycles. The summed E-state index contributed by atoms with van der Waals surface area (Å²) in [5.41, 5.74) is 1.27. The minimum Gasteiger partial charge on any atom is -0.362 e. The molecule has 0 radical (unpaired) electrons. The van der Waals surface area contributed by atoms with Crippen LogP contribution in [0.2, 0.25) is 0 Å². The van der Waals surface area contributed by atoms with E-state index in [2.05, 4.69) is 45.5 Å². The molecule has 2 unspecified atom stereocenters. The number of aliphatic imine (C=N–C) groups is 1. The number of halogens is 1. The molecule has 2 atom stereocenters. The first-order valence-corrected chi connectivity index (χ1v) is 8.27. The van der Waals surface area contributed by atoms with Crippen LogP contribution in [0, 0.1) is 5.92 Å². The third-order valence-electron chi connectivity index (χ3n) is 3.72. The molecule has 1 aromatic carbocycles. The van der Waals surface area contributed by atoms with Crippen molar-refractivity contribution in [1.29, 1.82) is 0 Å². The largest absolute Gasteiger partial charge is 0.362 e. The average molecular weight is 325 g/mol. The number of hydrogen-bond donors (Lipinski definition) is 1. The highest BCUT2D eigenvalue weighted by atomic mass is 79.9. The first kappa shape index (κ1) is 12.5. The van der Waals surface area contributed by atoms with Crippen LogP contribution in [0.4, 0.5) is 0 Å². The first-order chi connectivity index (χ1) is 8.81. The second-order valence-electron chi connectivity index (χ2n) is 5.00. The second kappa shape index (κ2) is 5.66. The Labute approximate surface area is 121 Å². The van der Waals surface area contributed by atoms with Crippen LogP contribution in [-0.2, 0) is 6.54 Å². The van der Waals surface area contributed by atoms with Crippen molar-refractivity contribution < 1.29 is 0 Å². The molecule has 18 heavy (non-hydrogen) atoms. The van der Waals surface area contributed by atoms with E-state index < -0.39 is 0 Å². The molecule has 1 N–H and O–H groups in total. The zero-order chi connectivity index (χ0) is 12.4. The fourth-order valence-corrected chi connectivity index (χ4v) is 4.08. The lowest BCUT2D eigenvalue weighted by Gasteiger charge is -2.28. The van der Waals surface area contributed by atoms with Gasteiger partial charge >= 0.3 is 0 Å². The van der Waals surface area contributed by atoms with E-state index in [0.717, 1.165) is 22.1 Å². The maximum Gasteiger partial charge on any atom is 0.157 e. The number of benzene rings is 1. The van der Waals surface area contributed by atoms with Crippen LogP contribution in [0.15, 0.2) is 33.7 Å². The van der Waals surface area contributed by atoms with Crippen molar-refractivity contribution in [3.63, 3.8) is 0 Å². The summed E-state index contributed by atoms with van der Waals surface area (Å²) >= 11 is 5.34. The monoisotopic (exact) mass is 324 g/mol. The summed E-state index contributed by atoms with van der Waals surface area (Å²) in [4.78, 5) is 4.70. The summed E-state index contributed by atoms with van der Waals surface area (Å²) in [5, 5.41) is 4.74. The predicted molar refractivity (Wildman–Crippen MR) is 82.0 cm³/mol. The van der Waals surface area contributed by atoms with Gasteiger partial charge in [-0.1, -0.05) is 46.2 Å². The Bertz CT molecular complexity index is 444. The van der Waals surface area contributed by atoms with Gasteiger partial charge in [0, 0.05) is 16.3 Å². The summed E-state index contributed by atoms with van der Waals surface area (Å²) in [6, 6.07) is 9.09. The van der Waals surface area contributed by atoms with Crippen molar-refractivity contribution in [2.24, 2.45) is 10.9 Å². The number of fused-ring (bicyclic) bond motifs is 1. The molecular formula is C14H17BrN2S. The van der Waals surface area contributed by atoms with Gasteiger partial charge in [0.05, 0.1) is 6.54 Å². The fourth-order valence-electron chi connectivity index (χ4n) is 2.66. The van der Waals surface area contributed by atoms with E-state index in [9.17, 15) is 0 Å². The molecule has 1 heterocycles. The Morgan fingerprint density at radius 1 is 1.28 bits per heavy atom. The van der Waals surface area contributed by atoms with Crippen molar-refractivity contribution in [1.82, 2.24) is 5.32 Å². The SMILES string of the molecule is Brc1ccc(CN=C2NC3CCCC3CS2)cc1. The summed E-state index contributed by atoms with van der Waals surface area (Å²) in [6.45, 7) is 0.778. The van der Waals surface area contributed by atoms with Gasteiger partial charge in [-0.15, -0.1) is 0 Å². The zero-order valence-corrected chi connectivity index (χ0v) is 12.6. The Morgan fingerprint density at radius 3 is 2.94 bits per heavy atom. The van der Waals surface area contributed by atoms with Gasteiger partial charge in [0.2, 0.25) is 0 Å². The molecule has 96 valence electrons. The van der Waals surface area contributed by atoms with Crippen molar-refractivity contribution in [3.8, 4) is 0 Å². The molecule has 1 aliphatic heterocycles. The maximum absolute atomic E-state index is 4.70. The highest BCUT2D eigenvalue weighted by Crippen LogP contribution is 2.32. The third-order valence-corrected chi connectivity index (χ3v) is 5.36. The number of hydrogen-bond acceptors (Lipinski definition) is 2. The van der Waals surface area contributed by atoms with Crippen LogP contribution in [0.25, 0.3) is 0 Å². The fraction of sp³-hybridized carbons (Fsp3) is 0.500. The van der Waals surface area contributed by atoms with Gasteiger partial charge in [0.15, 0.2) is 5.17 Å². The first-order valence-electron chi connectivity index (χ1n) is 6.49. The van der Waals surface area contributed by atoms with E-state index >= 15 is 0 Å². The number of nitrogens with one attached hydrogen (secondary N) is 1. The lowest BCUT2D eigenvalue weighted by Crippen LogP contribution is -2.41. The number of amidine groups is 1. The molecule has 2 nitrogen and oxygen atoms in total. The Kier molecular flexibility index (Phi) is 3.94. The summed E-state index contributed by atoms with van der Waals surface area (Å²) in [7, 11) is 0. The molecule has 1 saturated heterocycles. The lowest BCUT2D eigenvalue weighted by molar-refractivity contribution is 0.489. The Hall–Kier alpha value is -0.480. The summed E-state index contributed by atoms with van der Waals surface area (Å²) < 4.78 is 1.12. The summed E-state index contributed by atoms with van der Waals surface area (Å²) in [5.74, 6) is 2.12. The Morgan fingerprint density at radius 2 is 2.11 bits per heavy atom. The van der Waals surface area contributed by atoms with Crippen molar-refractivity contribution in [3.05, 3.63) is 34.3 Å². The molecule has 1 aliphatic carbocycles. The van der Waals surface area contributed by atoms with Crippen LogP contribution < -0.4 is 5.32 Å². The molecular weight excluding hydrogens is 308 g/mol. The van der Waals surface area contributed by atoms with Gasteiger partial charge < -0.3 is 5.32 Å². The normalized spacial score (nSPS) is 29.1. The van der Waals surface area contributed by atoms with Crippen LogP contribution >= 0.6 is 27.7 Å². The van der Waals surface area contributed by atoms with E-state index in [1.807, 2.05) is 11.8 Å². The molecule has 4 heteroatoms. The molecule has 0 bridgehead atoms. The van der Waals surface area contributed by atoms with E-state index in [0.29, 0.717) is 6.04 Å².